The molecule has 0 saturated carbocycles. The van der Waals surface area contributed by atoms with Gasteiger partial charge in [0.05, 0.1) is 18.3 Å². The van der Waals surface area contributed by atoms with Crippen molar-refractivity contribution >= 4 is 0 Å². The van der Waals surface area contributed by atoms with Gasteiger partial charge in [-0.15, -0.1) is 0 Å². The van der Waals surface area contributed by atoms with Gasteiger partial charge in [0, 0.05) is 6.20 Å². The number of nitrogens with zero attached hydrogens (tertiary/aromatic N) is 1. The minimum atomic E-state index is 0.108. The highest BCUT2D eigenvalue weighted by atomic mass is 16.5. The first-order chi connectivity index (χ1) is 9.85. The van der Waals surface area contributed by atoms with Crippen LogP contribution in [0.25, 0.3) is 0 Å². The Balaban J connectivity index is 2.28. The van der Waals surface area contributed by atoms with Crippen LogP contribution in [0, 0.1) is 0 Å². The minimum absolute atomic E-state index is 0.108. The van der Waals surface area contributed by atoms with Crippen molar-refractivity contribution in [3.63, 3.8) is 0 Å². The van der Waals surface area contributed by atoms with Crippen LogP contribution in [0.1, 0.15) is 37.6 Å². The second kappa shape index (κ2) is 7.65. The van der Waals surface area contributed by atoms with E-state index in [4.69, 9.17) is 4.74 Å². The Labute approximate surface area is 121 Å². The lowest BCUT2D eigenvalue weighted by Gasteiger charge is -2.19. The molecule has 0 spiro atoms. The molecule has 0 amide bonds. The van der Waals surface area contributed by atoms with E-state index in [1.54, 1.807) is 0 Å². The summed E-state index contributed by atoms with van der Waals surface area (Å²) >= 11 is 0. The van der Waals surface area contributed by atoms with Gasteiger partial charge in [0.1, 0.15) is 5.75 Å². The molecule has 0 bridgehead atoms. The molecule has 1 aromatic carbocycles. The van der Waals surface area contributed by atoms with Crippen molar-refractivity contribution in [1.29, 1.82) is 0 Å². The van der Waals surface area contributed by atoms with Crippen molar-refractivity contribution in [1.82, 2.24) is 10.3 Å². The maximum Gasteiger partial charge on any atom is 0.119 e. The molecule has 1 N–H and O–H groups in total. The van der Waals surface area contributed by atoms with Gasteiger partial charge in [-0.3, -0.25) is 4.98 Å². The first-order valence-electron chi connectivity index (χ1n) is 7.22. The summed E-state index contributed by atoms with van der Waals surface area (Å²) in [5, 5.41) is 3.55. The van der Waals surface area contributed by atoms with Gasteiger partial charge in [0.15, 0.2) is 0 Å². The molecule has 0 aliphatic carbocycles. The second-order valence-corrected chi connectivity index (χ2v) is 4.65. The predicted molar refractivity (Wildman–Crippen MR) is 82.0 cm³/mol. The SMILES string of the molecule is CCCNC(c1cccc(OCC)c1)c1ccccn1. The molecular weight excluding hydrogens is 248 g/mol. The standard InChI is InChI=1S/C17H22N2O/c1-3-11-19-17(16-10-5-6-12-18-16)14-8-7-9-15(13-14)20-4-2/h5-10,12-13,17,19H,3-4,11H2,1-2H3. The van der Waals surface area contributed by atoms with Crippen LogP contribution in [-0.2, 0) is 0 Å². The predicted octanol–water partition coefficient (Wildman–Crippen LogP) is 3.57. The quantitative estimate of drug-likeness (QED) is 0.835. The van der Waals surface area contributed by atoms with Crippen molar-refractivity contribution in [2.75, 3.05) is 13.2 Å². The number of pyridine rings is 1. The number of nitrogens with one attached hydrogen (secondary N) is 1. The number of hydrogen-bond donors (Lipinski definition) is 1. The fourth-order valence-electron chi connectivity index (χ4n) is 2.18. The zero-order valence-corrected chi connectivity index (χ0v) is 12.2. The van der Waals surface area contributed by atoms with Gasteiger partial charge in [0.25, 0.3) is 0 Å². The molecule has 106 valence electrons. The van der Waals surface area contributed by atoms with E-state index in [0.717, 1.165) is 24.4 Å². The van der Waals surface area contributed by atoms with Gasteiger partial charge < -0.3 is 10.1 Å². The van der Waals surface area contributed by atoms with Crippen molar-refractivity contribution in [3.05, 3.63) is 59.9 Å². The number of benzene rings is 1. The Morgan fingerprint density at radius 2 is 2.05 bits per heavy atom. The molecule has 2 aromatic rings. The second-order valence-electron chi connectivity index (χ2n) is 4.65. The number of hydrogen-bond acceptors (Lipinski definition) is 3. The fraction of sp³-hybridized carbons (Fsp3) is 0.353. The number of rotatable bonds is 7. The van der Waals surface area contributed by atoms with E-state index in [1.165, 1.54) is 5.56 Å². The molecule has 1 atom stereocenters. The Kier molecular flexibility index (Phi) is 5.56. The highest BCUT2D eigenvalue weighted by Crippen LogP contribution is 2.24. The maximum absolute atomic E-state index is 5.59. The van der Waals surface area contributed by atoms with E-state index in [2.05, 4.69) is 35.4 Å². The van der Waals surface area contributed by atoms with Crippen LogP contribution in [0.2, 0.25) is 0 Å². The van der Waals surface area contributed by atoms with Gasteiger partial charge in [-0.1, -0.05) is 25.1 Å². The molecule has 1 unspecified atom stereocenters. The fourth-order valence-corrected chi connectivity index (χ4v) is 2.18. The van der Waals surface area contributed by atoms with Crippen LogP contribution in [0.15, 0.2) is 48.7 Å². The van der Waals surface area contributed by atoms with Crippen LogP contribution in [0.4, 0.5) is 0 Å². The van der Waals surface area contributed by atoms with Crippen LogP contribution in [0.3, 0.4) is 0 Å². The topological polar surface area (TPSA) is 34.1 Å². The summed E-state index contributed by atoms with van der Waals surface area (Å²) in [4.78, 5) is 4.48. The monoisotopic (exact) mass is 270 g/mol. The Hall–Kier alpha value is -1.87. The Morgan fingerprint density at radius 3 is 2.75 bits per heavy atom. The van der Waals surface area contributed by atoms with E-state index in [-0.39, 0.29) is 6.04 Å². The molecule has 1 heterocycles. The van der Waals surface area contributed by atoms with Crippen molar-refractivity contribution < 1.29 is 4.74 Å². The summed E-state index contributed by atoms with van der Waals surface area (Å²) in [5.41, 5.74) is 2.22. The highest BCUT2D eigenvalue weighted by Gasteiger charge is 2.14. The molecule has 0 aliphatic heterocycles. The molecule has 0 aliphatic rings. The molecule has 3 heteroatoms. The molecular formula is C17H22N2O. The van der Waals surface area contributed by atoms with Crippen LogP contribution < -0.4 is 10.1 Å². The van der Waals surface area contributed by atoms with Crippen LogP contribution in [-0.4, -0.2) is 18.1 Å². The lowest BCUT2D eigenvalue weighted by molar-refractivity contribution is 0.339. The Bertz CT molecular complexity index is 513. The molecule has 0 fully saturated rings. The Morgan fingerprint density at radius 1 is 1.15 bits per heavy atom. The molecule has 20 heavy (non-hydrogen) atoms. The first-order valence-corrected chi connectivity index (χ1v) is 7.22. The van der Waals surface area contributed by atoms with Gasteiger partial charge >= 0.3 is 0 Å². The van der Waals surface area contributed by atoms with E-state index in [1.807, 2.05) is 37.4 Å². The number of aromatic nitrogens is 1. The molecule has 0 saturated heterocycles. The van der Waals surface area contributed by atoms with Crippen molar-refractivity contribution in [2.45, 2.75) is 26.3 Å². The van der Waals surface area contributed by atoms with Crippen LogP contribution >= 0.6 is 0 Å². The van der Waals surface area contributed by atoms with E-state index in [9.17, 15) is 0 Å². The summed E-state index contributed by atoms with van der Waals surface area (Å²) in [6.45, 7) is 5.80. The molecule has 3 nitrogen and oxygen atoms in total. The zero-order valence-electron chi connectivity index (χ0n) is 12.2. The summed E-state index contributed by atoms with van der Waals surface area (Å²) in [6.07, 6.45) is 2.93. The summed E-state index contributed by atoms with van der Waals surface area (Å²) < 4.78 is 5.59. The first kappa shape index (κ1) is 14.5. The van der Waals surface area contributed by atoms with Gasteiger partial charge in [-0.05, 0) is 49.7 Å². The smallest absolute Gasteiger partial charge is 0.119 e. The third-order valence-corrected chi connectivity index (χ3v) is 3.08. The zero-order chi connectivity index (χ0) is 14.2. The van der Waals surface area contributed by atoms with Gasteiger partial charge in [-0.25, -0.2) is 0 Å². The average molecular weight is 270 g/mol. The van der Waals surface area contributed by atoms with E-state index < -0.39 is 0 Å². The summed E-state index contributed by atoms with van der Waals surface area (Å²) in [5.74, 6) is 0.907. The van der Waals surface area contributed by atoms with Gasteiger partial charge in [-0.2, -0.15) is 0 Å². The molecule has 0 radical (unpaired) electrons. The normalized spacial score (nSPS) is 12.1. The third-order valence-electron chi connectivity index (χ3n) is 3.08. The average Bonchev–Trinajstić information content (AvgIpc) is 2.50. The lowest BCUT2D eigenvalue weighted by atomic mass is 10.0. The van der Waals surface area contributed by atoms with Crippen LogP contribution in [0.5, 0.6) is 5.75 Å². The largest absolute Gasteiger partial charge is 0.494 e. The summed E-state index contributed by atoms with van der Waals surface area (Å²) in [6, 6.07) is 14.4. The lowest BCUT2D eigenvalue weighted by Crippen LogP contribution is -2.24. The third kappa shape index (κ3) is 3.81. The minimum Gasteiger partial charge on any atom is -0.494 e. The summed E-state index contributed by atoms with van der Waals surface area (Å²) in [7, 11) is 0. The van der Waals surface area contributed by atoms with Gasteiger partial charge in [0.2, 0.25) is 0 Å². The number of ether oxygens (including phenoxy) is 1. The molecule has 1 aromatic heterocycles. The maximum atomic E-state index is 5.59. The van der Waals surface area contributed by atoms with E-state index in [0.29, 0.717) is 6.61 Å². The van der Waals surface area contributed by atoms with Crippen molar-refractivity contribution in [3.8, 4) is 5.75 Å². The van der Waals surface area contributed by atoms with Crippen molar-refractivity contribution in [2.24, 2.45) is 0 Å². The highest BCUT2D eigenvalue weighted by molar-refractivity contribution is 5.34. The van der Waals surface area contributed by atoms with E-state index >= 15 is 0 Å². The molecule has 2 rings (SSSR count).